The Kier molecular flexibility index (Phi) is 5.10. The van der Waals surface area contributed by atoms with Gasteiger partial charge in [0.05, 0.1) is 22.8 Å². The van der Waals surface area contributed by atoms with Crippen LogP contribution in [0.2, 0.25) is 0 Å². The van der Waals surface area contributed by atoms with E-state index < -0.39 is 5.97 Å². The lowest BCUT2D eigenvalue weighted by molar-refractivity contribution is -0.134. The van der Waals surface area contributed by atoms with E-state index in [2.05, 4.69) is 0 Å². The second-order valence-corrected chi connectivity index (χ2v) is 7.50. The molecular formula is C25H17NO7. The Balaban J connectivity index is 1.22. The van der Waals surface area contributed by atoms with Crippen LogP contribution in [0.5, 0.6) is 5.75 Å². The Morgan fingerprint density at radius 1 is 0.879 bits per heavy atom. The number of furan rings is 1. The number of amides is 2. The van der Waals surface area contributed by atoms with Crippen molar-refractivity contribution in [2.45, 2.75) is 12.8 Å². The van der Waals surface area contributed by atoms with E-state index in [4.69, 9.17) is 13.6 Å². The summed E-state index contributed by atoms with van der Waals surface area (Å²) in [6.07, 6.45) is 1.74. The minimum Gasteiger partial charge on any atom is -0.461 e. The van der Waals surface area contributed by atoms with Crippen LogP contribution in [0.3, 0.4) is 0 Å². The SMILES string of the molecule is O=C(CCCN1C(=O)c2ccccc2C1=O)Oc1ccc2oc(-c3ccco3)cc(=O)c2c1. The lowest BCUT2D eigenvalue weighted by Gasteiger charge is -2.13. The number of imide groups is 1. The van der Waals surface area contributed by atoms with E-state index in [0.717, 1.165) is 4.90 Å². The Hall–Kier alpha value is -4.46. The van der Waals surface area contributed by atoms with Gasteiger partial charge in [-0.05, 0) is 48.9 Å². The third-order valence-electron chi connectivity index (χ3n) is 5.34. The molecule has 0 spiro atoms. The Morgan fingerprint density at radius 2 is 1.64 bits per heavy atom. The summed E-state index contributed by atoms with van der Waals surface area (Å²) in [6, 6.07) is 15.8. The third-order valence-corrected chi connectivity index (χ3v) is 5.34. The lowest BCUT2D eigenvalue weighted by atomic mass is 10.1. The highest BCUT2D eigenvalue weighted by molar-refractivity contribution is 6.21. The maximum Gasteiger partial charge on any atom is 0.311 e. The number of carbonyl (C=O) groups excluding carboxylic acids is 3. The van der Waals surface area contributed by atoms with E-state index >= 15 is 0 Å². The van der Waals surface area contributed by atoms with Crippen molar-refractivity contribution < 1.29 is 28.0 Å². The highest BCUT2D eigenvalue weighted by atomic mass is 16.5. The number of esters is 1. The first-order valence-electron chi connectivity index (χ1n) is 10.3. The van der Waals surface area contributed by atoms with Crippen LogP contribution in [-0.2, 0) is 4.79 Å². The molecule has 0 radical (unpaired) electrons. The predicted octanol–water partition coefficient (Wildman–Crippen LogP) is 4.03. The number of nitrogens with zero attached hydrogens (tertiary/aromatic N) is 1. The van der Waals surface area contributed by atoms with Gasteiger partial charge in [0.25, 0.3) is 11.8 Å². The largest absolute Gasteiger partial charge is 0.461 e. The zero-order valence-electron chi connectivity index (χ0n) is 17.3. The third kappa shape index (κ3) is 3.82. The maximum absolute atomic E-state index is 12.5. The van der Waals surface area contributed by atoms with Crippen LogP contribution in [0.1, 0.15) is 33.6 Å². The Bertz CT molecular complexity index is 1410. The van der Waals surface area contributed by atoms with Gasteiger partial charge in [-0.15, -0.1) is 0 Å². The first kappa shape index (κ1) is 20.4. The predicted molar refractivity (Wildman–Crippen MR) is 117 cm³/mol. The van der Waals surface area contributed by atoms with Crippen LogP contribution in [0.15, 0.2) is 80.6 Å². The van der Waals surface area contributed by atoms with Gasteiger partial charge in [0.2, 0.25) is 0 Å². The fourth-order valence-electron chi connectivity index (χ4n) is 3.75. The molecule has 2 aromatic heterocycles. The molecule has 0 fully saturated rings. The second-order valence-electron chi connectivity index (χ2n) is 7.50. The topological polar surface area (TPSA) is 107 Å². The summed E-state index contributed by atoms with van der Waals surface area (Å²) in [5.41, 5.74) is 0.774. The van der Waals surface area contributed by atoms with Gasteiger partial charge in [-0.1, -0.05) is 12.1 Å². The summed E-state index contributed by atoms with van der Waals surface area (Å²) in [5.74, 6) is -0.329. The maximum atomic E-state index is 12.5. The molecule has 0 bridgehead atoms. The number of rotatable bonds is 6. The molecule has 0 unspecified atom stereocenters. The summed E-state index contributed by atoms with van der Waals surface area (Å²) in [4.78, 5) is 50.7. The summed E-state index contributed by atoms with van der Waals surface area (Å²) in [6.45, 7) is 0.109. The number of fused-ring (bicyclic) bond motifs is 2. The van der Waals surface area contributed by atoms with Crippen molar-refractivity contribution in [3.8, 4) is 17.3 Å². The van der Waals surface area contributed by atoms with Gasteiger partial charge in [-0.25, -0.2) is 0 Å². The van der Waals surface area contributed by atoms with Gasteiger partial charge in [-0.3, -0.25) is 24.1 Å². The van der Waals surface area contributed by atoms with Crippen molar-refractivity contribution in [1.82, 2.24) is 4.90 Å². The van der Waals surface area contributed by atoms with Crippen molar-refractivity contribution >= 4 is 28.8 Å². The second kappa shape index (κ2) is 8.23. The molecule has 33 heavy (non-hydrogen) atoms. The van der Waals surface area contributed by atoms with E-state index in [1.165, 1.54) is 24.5 Å². The van der Waals surface area contributed by atoms with Crippen LogP contribution in [0.25, 0.3) is 22.5 Å². The number of benzene rings is 2. The average Bonchev–Trinajstić information content (AvgIpc) is 3.43. The molecule has 1 aliphatic rings. The van der Waals surface area contributed by atoms with Crippen molar-refractivity contribution in [2.24, 2.45) is 0 Å². The van der Waals surface area contributed by atoms with Crippen molar-refractivity contribution in [3.05, 3.63) is 88.3 Å². The molecule has 5 rings (SSSR count). The lowest BCUT2D eigenvalue weighted by Crippen LogP contribution is -2.31. The van der Waals surface area contributed by atoms with Crippen LogP contribution in [0, 0.1) is 0 Å². The van der Waals surface area contributed by atoms with Gasteiger partial charge in [0.15, 0.2) is 16.9 Å². The summed E-state index contributed by atoms with van der Waals surface area (Å²) < 4.78 is 16.3. The van der Waals surface area contributed by atoms with Gasteiger partial charge in [0, 0.05) is 19.0 Å². The molecule has 0 atom stereocenters. The van der Waals surface area contributed by atoms with Crippen LogP contribution < -0.4 is 10.2 Å². The molecule has 4 aromatic rings. The highest BCUT2D eigenvalue weighted by Gasteiger charge is 2.34. The molecule has 2 amide bonds. The average molecular weight is 443 g/mol. The molecule has 0 saturated heterocycles. The quantitative estimate of drug-likeness (QED) is 0.251. The zero-order valence-corrected chi connectivity index (χ0v) is 17.3. The molecule has 1 aliphatic heterocycles. The molecule has 3 heterocycles. The minimum absolute atomic E-state index is 0.00250. The smallest absolute Gasteiger partial charge is 0.311 e. The fourth-order valence-corrected chi connectivity index (χ4v) is 3.75. The molecule has 2 aromatic carbocycles. The number of hydrogen-bond donors (Lipinski definition) is 0. The van der Waals surface area contributed by atoms with Gasteiger partial charge in [0.1, 0.15) is 11.3 Å². The standard InChI is InChI=1S/C25H17NO7/c27-19-14-22(21-7-4-12-31-21)33-20-10-9-15(13-18(19)20)32-23(28)8-3-11-26-24(29)16-5-1-2-6-17(16)25(26)30/h1-2,4-7,9-10,12-14H,3,8,11H2. The van der Waals surface area contributed by atoms with Gasteiger partial charge < -0.3 is 13.6 Å². The van der Waals surface area contributed by atoms with E-state index in [1.807, 2.05) is 0 Å². The van der Waals surface area contributed by atoms with Crippen LogP contribution in [-0.4, -0.2) is 29.2 Å². The summed E-state index contributed by atoms with van der Waals surface area (Å²) in [5, 5.41) is 0.265. The number of carbonyl (C=O) groups is 3. The molecule has 164 valence electrons. The van der Waals surface area contributed by atoms with Crippen LogP contribution in [0.4, 0.5) is 0 Å². The number of hydrogen-bond acceptors (Lipinski definition) is 7. The first-order valence-corrected chi connectivity index (χ1v) is 10.3. The van der Waals surface area contributed by atoms with Gasteiger partial charge >= 0.3 is 5.97 Å². The minimum atomic E-state index is -0.539. The molecule has 8 nitrogen and oxygen atoms in total. The zero-order chi connectivity index (χ0) is 22.9. The van der Waals surface area contributed by atoms with E-state index in [0.29, 0.717) is 28.2 Å². The molecule has 0 saturated carbocycles. The summed E-state index contributed by atoms with van der Waals surface area (Å²) >= 11 is 0. The van der Waals surface area contributed by atoms with Crippen molar-refractivity contribution in [3.63, 3.8) is 0 Å². The van der Waals surface area contributed by atoms with Crippen LogP contribution >= 0.6 is 0 Å². The Morgan fingerprint density at radius 3 is 2.33 bits per heavy atom. The molecule has 0 N–H and O–H groups in total. The van der Waals surface area contributed by atoms with E-state index in [9.17, 15) is 19.2 Å². The van der Waals surface area contributed by atoms with E-state index in [-0.39, 0.29) is 47.8 Å². The summed E-state index contributed by atoms with van der Waals surface area (Å²) in [7, 11) is 0. The molecule has 8 heteroatoms. The first-order chi connectivity index (χ1) is 16.0. The fraction of sp³-hybridized carbons (Fsp3) is 0.120. The monoisotopic (exact) mass is 443 g/mol. The normalized spacial score (nSPS) is 12.9. The van der Waals surface area contributed by atoms with Crippen molar-refractivity contribution in [2.75, 3.05) is 6.54 Å². The molecule has 0 aliphatic carbocycles. The Labute approximate surface area is 187 Å². The van der Waals surface area contributed by atoms with Gasteiger partial charge in [-0.2, -0.15) is 0 Å². The molecular weight excluding hydrogens is 426 g/mol. The van der Waals surface area contributed by atoms with E-state index in [1.54, 1.807) is 42.5 Å². The number of ether oxygens (including phenoxy) is 1. The highest BCUT2D eigenvalue weighted by Crippen LogP contribution is 2.26. The van der Waals surface area contributed by atoms with Crippen molar-refractivity contribution in [1.29, 1.82) is 0 Å².